The second kappa shape index (κ2) is 3.98. The quantitative estimate of drug-likeness (QED) is 0.803. The van der Waals surface area contributed by atoms with Crippen molar-refractivity contribution in [2.24, 2.45) is 11.8 Å². The second-order valence-corrected chi connectivity index (χ2v) is 4.98. The predicted octanol–water partition coefficient (Wildman–Crippen LogP) is 0.688. The van der Waals surface area contributed by atoms with Crippen LogP contribution in [0.15, 0.2) is 16.9 Å². The van der Waals surface area contributed by atoms with E-state index in [2.05, 4.69) is 15.5 Å². The molecular formula is C12H15N3O2. The molecule has 5 nitrogen and oxygen atoms in total. The first-order chi connectivity index (χ1) is 8.24. The van der Waals surface area contributed by atoms with Gasteiger partial charge in [-0.2, -0.15) is 5.10 Å². The maximum absolute atomic E-state index is 11.9. The van der Waals surface area contributed by atoms with Crippen LogP contribution in [0, 0.1) is 11.8 Å². The average molecular weight is 233 g/mol. The van der Waals surface area contributed by atoms with Crippen molar-refractivity contribution in [3.05, 3.63) is 28.2 Å². The van der Waals surface area contributed by atoms with Crippen LogP contribution in [-0.4, -0.2) is 22.1 Å². The van der Waals surface area contributed by atoms with E-state index >= 15 is 0 Å². The molecule has 0 radical (unpaired) electrons. The topological polar surface area (TPSA) is 74.8 Å². The van der Waals surface area contributed by atoms with Crippen molar-refractivity contribution in [3.63, 3.8) is 0 Å². The molecule has 90 valence electrons. The molecule has 2 N–H and O–H groups in total. The molecule has 17 heavy (non-hydrogen) atoms. The summed E-state index contributed by atoms with van der Waals surface area (Å²) in [5, 5.41) is 9.07. The number of amides is 1. The van der Waals surface area contributed by atoms with Crippen LogP contribution in [0.5, 0.6) is 0 Å². The fraction of sp³-hybridized carbons (Fsp3) is 0.583. The lowest BCUT2D eigenvalue weighted by Crippen LogP contribution is -2.38. The Hall–Kier alpha value is -1.65. The van der Waals surface area contributed by atoms with Crippen molar-refractivity contribution in [3.8, 4) is 0 Å². The molecule has 0 bridgehead atoms. The summed E-state index contributed by atoms with van der Waals surface area (Å²) in [4.78, 5) is 22.8. The molecule has 0 aliphatic heterocycles. The van der Waals surface area contributed by atoms with Gasteiger partial charge in [-0.1, -0.05) is 0 Å². The molecule has 0 unspecified atom stereocenters. The SMILES string of the molecule is O=C(NC(C1CC1)C1CC1)c1ccc(=O)[nH]n1. The zero-order chi connectivity index (χ0) is 11.8. The standard InChI is InChI=1S/C12H15N3O2/c16-10-6-5-9(14-15-10)12(17)13-11(7-1-2-7)8-3-4-8/h5-8,11H,1-4H2,(H,13,17)(H,15,16). The first-order valence-corrected chi connectivity index (χ1v) is 6.10. The Morgan fingerprint density at radius 3 is 2.41 bits per heavy atom. The summed E-state index contributed by atoms with van der Waals surface area (Å²) in [6, 6.07) is 3.10. The van der Waals surface area contributed by atoms with Crippen LogP contribution in [0.1, 0.15) is 36.2 Å². The van der Waals surface area contributed by atoms with Gasteiger partial charge in [-0.3, -0.25) is 9.59 Å². The maximum Gasteiger partial charge on any atom is 0.271 e. The van der Waals surface area contributed by atoms with Crippen LogP contribution in [0.3, 0.4) is 0 Å². The first-order valence-electron chi connectivity index (χ1n) is 6.10. The van der Waals surface area contributed by atoms with Gasteiger partial charge in [0.1, 0.15) is 5.69 Å². The number of carbonyl (C=O) groups is 1. The number of aromatic nitrogens is 2. The van der Waals surface area contributed by atoms with Crippen molar-refractivity contribution in [2.45, 2.75) is 31.7 Å². The van der Waals surface area contributed by atoms with Gasteiger partial charge in [0, 0.05) is 12.1 Å². The summed E-state index contributed by atoms with van der Waals surface area (Å²) in [6.07, 6.45) is 4.89. The molecule has 1 amide bonds. The molecule has 2 aliphatic carbocycles. The summed E-state index contributed by atoms with van der Waals surface area (Å²) in [6.45, 7) is 0. The summed E-state index contributed by atoms with van der Waals surface area (Å²) >= 11 is 0. The molecular weight excluding hydrogens is 218 g/mol. The van der Waals surface area contributed by atoms with Crippen LogP contribution in [0.25, 0.3) is 0 Å². The minimum absolute atomic E-state index is 0.176. The fourth-order valence-corrected chi connectivity index (χ4v) is 2.23. The van der Waals surface area contributed by atoms with Crippen LogP contribution >= 0.6 is 0 Å². The van der Waals surface area contributed by atoms with Crippen molar-refractivity contribution < 1.29 is 4.79 Å². The second-order valence-electron chi connectivity index (χ2n) is 4.98. The highest BCUT2D eigenvalue weighted by Crippen LogP contribution is 2.44. The van der Waals surface area contributed by atoms with E-state index in [0.717, 1.165) is 0 Å². The molecule has 3 rings (SSSR count). The highest BCUT2D eigenvalue weighted by Gasteiger charge is 2.42. The van der Waals surface area contributed by atoms with Crippen LogP contribution in [-0.2, 0) is 0 Å². The number of rotatable bonds is 4. The lowest BCUT2D eigenvalue weighted by atomic mass is 10.1. The fourth-order valence-electron chi connectivity index (χ4n) is 2.23. The Morgan fingerprint density at radius 2 is 1.94 bits per heavy atom. The van der Waals surface area contributed by atoms with E-state index < -0.39 is 0 Å². The van der Waals surface area contributed by atoms with E-state index in [0.29, 0.717) is 17.9 Å². The lowest BCUT2D eigenvalue weighted by molar-refractivity contribution is 0.0920. The molecule has 0 atom stereocenters. The smallest absolute Gasteiger partial charge is 0.271 e. The third kappa shape index (κ3) is 2.38. The third-order valence-electron chi connectivity index (χ3n) is 3.47. The van der Waals surface area contributed by atoms with E-state index in [1.54, 1.807) is 0 Å². The summed E-state index contributed by atoms with van der Waals surface area (Å²) < 4.78 is 0. The van der Waals surface area contributed by atoms with Gasteiger partial charge in [-0.05, 0) is 43.6 Å². The number of carbonyl (C=O) groups excluding carboxylic acids is 1. The molecule has 0 spiro atoms. The molecule has 1 aromatic heterocycles. The van der Waals surface area contributed by atoms with E-state index in [1.807, 2.05) is 0 Å². The Kier molecular flexibility index (Phi) is 2.46. The van der Waals surface area contributed by atoms with Gasteiger partial charge in [-0.15, -0.1) is 0 Å². The van der Waals surface area contributed by atoms with Crippen molar-refractivity contribution in [1.82, 2.24) is 15.5 Å². The maximum atomic E-state index is 11.9. The number of H-pyrrole nitrogens is 1. The lowest BCUT2D eigenvalue weighted by Gasteiger charge is -2.16. The Balaban J connectivity index is 1.69. The van der Waals surface area contributed by atoms with Crippen molar-refractivity contribution in [2.75, 3.05) is 0 Å². The molecule has 2 fully saturated rings. The minimum atomic E-state index is -0.289. The van der Waals surface area contributed by atoms with E-state index in [9.17, 15) is 9.59 Å². The van der Waals surface area contributed by atoms with Gasteiger partial charge in [0.2, 0.25) is 0 Å². The van der Waals surface area contributed by atoms with Crippen LogP contribution in [0.2, 0.25) is 0 Å². The molecule has 1 heterocycles. The average Bonchev–Trinajstić information content (AvgIpc) is 3.17. The molecule has 1 aromatic rings. The van der Waals surface area contributed by atoms with Gasteiger partial charge in [-0.25, -0.2) is 5.10 Å². The minimum Gasteiger partial charge on any atom is -0.347 e. The normalized spacial score (nSPS) is 19.4. The van der Waals surface area contributed by atoms with Gasteiger partial charge in [0.15, 0.2) is 0 Å². The van der Waals surface area contributed by atoms with Gasteiger partial charge >= 0.3 is 0 Å². The Labute approximate surface area is 98.6 Å². The predicted molar refractivity (Wildman–Crippen MR) is 61.6 cm³/mol. The van der Waals surface area contributed by atoms with Gasteiger partial charge in [0.05, 0.1) is 0 Å². The van der Waals surface area contributed by atoms with Gasteiger partial charge < -0.3 is 5.32 Å². The van der Waals surface area contributed by atoms with Crippen LogP contribution < -0.4 is 10.9 Å². The molecule has 5 heteroatoms. The third-order valence-corrected chi connectivity index (χ3v) is 3.47. The summed E-state index contributed by atoms with van der Waals surface area (Å²) in [5.41, 5.74) is -0.00149. The van der Waals surface area contributed by atoms with E-state index in [4.69, 9.17) is 0 Å². The highest BCUT2D eigenvalue weighted by molar-refractivity contribution is 5.92. The zero-order valence-corrected chi connectivity index (χ0v) is 9.48. The molecule has 2 saturated carbocycles. The van der Waals surface area contributed by atoms with Crippen molar-refractivity contribution in [1.29, 1.82) is 0 Å². The monoisotopic (exact) mass is 233 g/mol. The Bertz CT molecular complexity index is 456. The number of aromatic amines is 1. The molecule has 0 aromatic carbocycles. The number of hydrogen-bond acceptors (Lipinski definition) is 3. The van der Waals surface area contributed by atoms with Crippen LogP contribution in [0.4, 0.5) is 0 Å². The number of hydrogen-bond donors (Lipinski definition) is 2. The summed E-state index contributed by atoms with van der Waals surface area (Å²) in [7, 11) is 0. The Morgan fingerprint density at radius 1 is 1.29 bits per heavy atom. The number of nitrogens with zero attached hydrogens (tertiary/aromatic N) is 1. The molecule has 2 aliphatic rings. The molecule has 0 saturated heterocycles. The zero-order valence-electron chi connectivity index (χ0n) is 9.48. The van der Waals surface area contributed by atoms with E-state index in [1.165, 1.54) is 37.8 Å². The highest BCUT2D eigenvalue weighted by atomic mass is 16.2. The van der Waals surface area contributed by atoms with Crippen molar-refractivity contribution >= 4 is 5.91 Å². The first kappa shape index (κ1) is 10.5. The summed E-state index contributed by atoms with van der Waals surface area (Å²) in [5.74, 6) is 1.15. The number of nitrogens with one attached hydrogen (secondary N) is 2. The largest absolute Gasteiger partial charge is 0.347 e. The van der Waals surface area contributed by atoms with E-state index in [-0.39, 0.29) is 17.2 Å². The van der Waals surface area contributed by atoms with Gasteiger partial charge in [0.25, 0.3) is 11.5 Å².